The standard InChI is InChI=1S/C35H62N2/c1-3-5-7-9-11-13-14-15-16-18-20-22-27-31-37-33-32-36(35(37)34-28-24-23-25-29-34)30-26-21-19-17-12-10-8-6-4-2/h23-25,28-29,32-33,35H,3-22,26-27,30-31H2,1-2H3. The van der Waals surface area contributed by atoms with E-state index in [9.17, 15) is 0 Å². The Morgan fingerprint density at radius 1 is 0.432 bits per heavy atom. The molecule has 2 heteroatoms. The van der Waals surface area contributed by atoms with Crippen LogP contribution in [0.2, 0.25) is 0 Å². The summed E-state index contributed by atoms with van der Waals surface area (Å²) in [6, 6.07) is 11.2. The second-order valence-electron chi connectivity index (χ2n) is 11.6. The van der Waals surface area contributed by atoms with Crippen LogP contribution < -0.4 is 0 Å². The van der Waals surface area contributed by atoms with Crippen LogP contribution in [-0.2, 0) is 0 Å². The molecule has 1 aromatic rings. The lowest BCUT2D eigenvalue weighted by Gasteiger charge is -2.33. The summed E-state index contributed by atoms with van der Waals surface area (Å²) < 4.78 is 0. The molecule has 2 nitrogen and oxygen atoms in total. The molecule has 0 aromatic heterocycles. The summed E-state index contributed by atoms with van der Waals surface area (Å²) in [6.45, 7) is 6.97. The first kappa shape index (κ1) is 31.8. The Balaban J connectivity index is 1.57. The third-order valence-electron chi connectivity index (χ3n) is 8.22. The average Bonchev–Trinajstić information content (AvgIpc) is 3.33. The Kier molecular flexibility index (Phi) is 19.4. The molecule has 1 atom stereocenters. The SMILES string of the molecule is CCCCCCCCCCCCCCCN1C=CN(CCCCCCCCCCC)C1c1ccccc1. The van der Waals surface area contributed by atoms with Gasteiger partial charge in [0.05, 0.1) is 0 Å². The van der Waals surface area contributed by atoms with Crippen LogP contribution in [-0.4, -0.2) is 22.9 Å². The van der Waals surface area contributed by atoms with Crippen molar-refractivity contribution in [3.8, 4) is 0 Å². The first-order chi connectivity index (χ1) is 18.4. The minimum Gasteiger partial charge on any atom is -0.352 e. The number of hydrogen-bond acceptors (Lipinski definition) is 2. The summed E-state index contributed by atoms with van der Waals surface area (Å²) in [6.07, 6.45) is 36.2. The molecule has 0 fully saturated rings. The zero-order valence-corrected chi connectivity index (χ0v) is 25.0. The van der Waals surface area contributed by atoms with Crippen LogP contribution in [0, 0.1) is 0 Å². The van der Waals surface area contributed by atoms with Crippen molar-refractivity contribution in [1.82, 2.24) is 9.80 Å². The molecule has 0 saturated carbocycles. The predicted molar refractivity (Wildman–Crippen MR) is 165 cm³/mol. The smallest absolute Gasteiger partial charge is 0.127 e. The van der Waals surface area contributed by atoms with E-state index in [2.05, 4.69) is 66.4 Å². The molecular weight excluding hydrogens is 448 g/mol. The summed E-state index contributed by atoms with van der Waals surface area (Å²) >= 11 is 0. The van der Waals surface area contributed by atoms with Gasteiger partial charge < -0.3 is 9.80 Å². The maximum atomic E-state index is 2.60. The first-order valence-corrected chi connectivity index (χ1v) is 16.6. The Morgan fingerprint density at radius 2 is 0.757 bits per heavy atom. The average molecular weight is 511 g/mol. The van der Waals surface area contributed by atoms with E-state index in [0.29, 0.717) is 6.17 Å². The van der Waals surface area contributed by atoms with Crippen molar-refractivity contribution in [3.05, 3.63) is 48.3 Å². The predicted octanol–water partition coefficient (Wildman–Crippen LogP) is 11.4. The van der Waals surface area contributed by atoms with Crippen LogP contribution in [0.4, 0.5) is 0 Å². The fourth-order valence-electron chi connectivity index (χ4n) is 5.84. The monoisotopic (exact) mass is 510 g/mol. The minimum atomic E-state index is 0.396. The van der Waals surface area contributed by atoms with Crippen LogP contribution in [0.5, 0.6) is 0 Å². The lowest BCUT2D eigenvalue weighted by molar-refractivity contribution is 0.149. The molecule has 0 spiro atoms. The Bertz CT molecular complexity index is 640. The van der Waals surface area contributed by atoms with Gasteiger partial charge in [-0.1, -0.05) is 173 Å². The summed E-state index contributed by atoms with van der Waals surface area (Å²) in [5, 5.41) is 0. The number of benzene rings is 1. The molecule has 0 N–H and O–H groups in total. The van der Waals surface area contributed by atoms with Gasteiger partial charge in [-0.25, -0.2) is 0 Å². The Hall–Kier alpha value is -1.44. The van der Waals surface area contributed by atoms with Gasteiger partial charge in [0, 0.05) is 25.5 Å². The molecular formula is C35H62N2. The van der Waals surface area contributed by atoms with E-state index < -0.39 is 0 Å². The highest BCUT2D eigenvalue weighted by Gasteiger charge is 2.26. The van der Waals surface area contributed by atoms with Crippen LogP contribution in [0.3, 0.4) is 0 Å². The molecule has 212 valence electrons. The molecule has 0 bridgehead atoms. The molecule has 0 radical (unpaired) electrons. The van der Waals surface area contributed by atoms with E-state index in [1.807, 2.05) is 0 Å². The molecule has 0 amide bonds. The highest BCUT2D eigenvalue weighted by Crippen LogP contribution is 2.31. The lowest BCUT2D eigenvalue weighted by atomic mass is 10.0. The highest BCUT2D eigenvalue weighted by atomic mass is 15.4. The molecule has 0 saturated heterocycles. The molecule has 0 aliphatic carbocycles. The largest absolute Gasteiger partial charge is 0.352 e. The summed E-state index contributed by atoms with van der Waals surface area (Å²) in [5.41, 5.74) is 1.44. The number of unbranched alkanes of at least 4 members (excludes halogenated alkanes) is 20. The van der Waals surface area contributed by atoms with Crippen LogP contribution in [0.1, 0.15) is 167 Å². The van der Waals surface area contributed by atoms with Crippen molar-refractivity contribution in [3.63, 3.8) is 0 Å². The van der Waals surface area contributed by atoms with Crippen LogP contribution in [0.15, 0.2) is 42.7 Å². The molecule has 1 aromatic carbocycles. The van der Waals surface area contributed by atoms with E-state index in [1.54, 1.807) is 0 Å². The molecule has 2 rings (SSSR count). The quantitative estimate of drug-likeness (QED) is 0.121. The van der Waals surface area contributed by atoms with Crippen LogP contribution >= 0.6 is 0 Å². The summed E-state index contributed by atoms with van der Waals surface area (Å²) in [4.78, 5) is 5.19. The summed E-state index contributed by atoms with van der Waals surface area (Å²) in [7, 11) is 0. The Labute approximate surface area is 232 Å². The topological polar surface area (TPSA) is 6.48 Å². The van der Waals surface area contributed by atoms with Gasteiger partial charge in [0.2, 0.25) is 0 Å². The van der Waals surface area contributed by atoms with Gasteiger partial charge >= 0.3 is 0 Å². The maximum Gasteiger partial charge on any atom is 0.127 e. The lowest BCUT2D eigenvalue weighted by Crippen LogP contribution is -2.32. The fourth-order valence-corrected chi connectivity index (χ4v) is 5.84. The van der Waals surface area contributed by atoms with E-state index in [4.69, 9.17) is 0 Å². The third kappa shape index (κ3) is 14.9. The van der Waals surface area contributed by atoms with E-state index in [0.717, 1.165) is 0 Å². The number of rotatable bonds is 25. The van der Waals surface area contributed by atoms with Gasteiger partial charge in [0.15, 0.2) is 0 Å². The van der Waals surface area contributed by atoms with Crippen LogP contribution in [0.25, 0.3) is 0 Å². The van der Waals surface area contributed by atoms with E-state index in [1.165, 1.54) is 160 Å². The first-order valence-electron chi connectivity index (χ1n) is 16.6. The van der Waals surface area contributed by atoms with Crippen molar-refractivity contribution >= 4 is 0 Å². The van der Waals surface area contributed by atoms with Gasteiger partial charge in [0.1, 0.15) is 6.17 Å². The zero-order valence-electron chi connectivity index (χ0n) is 25.0. The van der Waals surface area contributed by atoms with Gasteiger partial charge in [0.25, 0.3) is 0 Å². The molecule has 1 unspecified atom stereocenters. The van der Waals surface area contributed by atoms with Gasteiger partial charge in [-0.3, -0.25) is 0 Å². The normalized spacial score (nSPS) is 15.2. The second-order valence-corrected chi connectivity index (χ2v) is 11.6. The van der Waals surface area contributed by atoms with Crippen molar-refractivity contribution in [2.75, 3.05) is 13.1 Å². The highest BCUT2D eigenvalue weighted by molar-refractivity contribution is 5.21. The summed E-state index contributed by atoms with van der Waals surface area (Å²) in [5.74, 6) is 0. The minimum absolute atomic E-state index is 0.396. The van der Waals surface area contributed by atoms with Crippen molar-refractivity contribution in [2.45, 2.75) is 161 Å². The fraction of sp³-hybridized carbons (Fsp3) is 0.771. The van der Waals surface area contributed by atoms with E-state index in [-0.39, 0.29) is 0 Å². The van der Waals surface area contributed by atoms with Crippen molar-refractivity contribution in [2.24, 2.45) is 0 Å². The number of hydrogen-bond donors (Lipinski definition) is 0. The second kappa shape index (κ2) is 22.5. The van der Waals surface area contributed by atoms with Gasteiger partial charge in [-0.15, -0.1) is 0 Å². The third-order valence-corrected chi connectivity index (χ3v) is 8.22. The van der Waals surface area contributed by atoms with Gasteiger partial charge in [-0.05, 0) is 18.4 Å². The molecule has 1 heterocycles. The molecule has 1 aliphatic rings. The molecule has 1 aliphatic heterocycles. The van der Waals surface area contributed by atoms with E-state index >= 15 is 0 Å². The Morgan fingerprint density at radius 3 is 1.11 bits per heavy atom. The molecule has 37 heavy (non-hydrogen) atoms. The van der Waals surface area contributed by atoms with Gasteiger partial charge in [-0.2, -0.15) is 0 Å². The zero-order chi connectivity index (χ0) is 26.2. The van der Waals surface area contributed by atoms with Crippen molar-refractivity contribution < 1.29 is 0 Å². The number of nitrogens with zero attached hydrogens (tertiary/aromatic N) is 2. The van der Waals surface area contributed by atoms with Crippen molar-refractivity contribution in [1.29, 1.82) is 0 Å². The maximum absolute atomic E-state index is 2.60.